The third kappa shape index (κ3) is 2.27. The molecule has 96 valence electrons. The molecule has 3 rings (SSSR count). The van der Waals surface area contributed by atoms with Gasteiger partial charge in [-0.3, -0.25) is 0 Å². The van der Waals surface area contributed by atoms with Gasteiger partial charge < -0.3 is 5.73 Å². The van der Waals surface area contributed by atoms with Crippen molar-refractivity contribution in [2.75, 3.05) is 0 Å². The fourth-order valence-electron chi connectivity index (χ4n) is 2.39. The Balaban J connectivity index is 2.06. The van der Waals surface area contributed by atoms with Crippen molar-refractivity contribution in [3.8, 4) is 0 Å². The van der Waals surface area contributed by atoms with Crippen LogP contribution >= 0.6 is 11.3 Å². The van der Waals surface area contributed by atoms with E-state index in [-0.39, 0.29) is 6.04 Å². The molecule has 19 heavy (non-hydrogen) atoms. The zero-order chi connectivity index (χ0) is 13.4. The summed E-state index contributed by atoms with van der Waals surface area (Å²) in [6.45, 7) is 4.05. The van der Waals surface area contributed by atoms with Crippen LogP contribution in [0.25, 0.3) is 10.8 Å². The predicted octanol–water partition coefficient (Wildman–Crippen LogP) is 3.96. The summed E-state index contributed by atoms with van der Waals surface area (Å²) in [7, 11) is 0. The molecule has 0 aliphatic carbocycles. The van der Waals surface area contributed by atoms with Gasteiger partial charge in [-0.2, -0.15) is 0 Å². The molecule has 1 unspecified atom stereocenters. The fourth-order valence-corrected chi connectivity index (χ4v) is 3.35. The van der Waals surface area contributed by atoms with Gasteiger partial charge in [0.1, 0.15) is 0 Å². The van der Waals surface area contributed by atoms with Crippen LogP contribution in [0.4, 0.5) is 0 Å². The van der Waals surface area contributed by atoms with E-state index < -0.39 is 0 Å². The molecule has 0 saturated heterocycles. The van der Waals surface area contributed by atoms with Crippen LogP contribution in [0.5, 0.6) is 0 Å². The Morgan fingerprint density at radius 3 is 2.47 bits per heavy atom. The molecular formula is C16H16N2S. The predicted molar refractivity (Wildman–Crippen MR) is 81.6 cm³/mol. The van der Waals surface area contributed by atoms with E-state index in [0.29, 0.717) is 0 Å². The van der Waals surface area contributed by atoms with Crippen molar-refractivity contribution in [1.82, 2.24) is 4.98 Å². The van der Waals surface area contributed by atoms with Gasteiger partial charge in [0.05, 0.1) is 16.7 Å². The number of aromatic nitrogens is 1. The quantitative estimate of drug-likeness (QED) is 0.764. The summed E-state index contributed by atoms with van der Waals surface area (Å²) >= 11 is 1.69. The van der Waals surface area contributed by atoms with Gasteiger partial charge >= 0.3 is 0 Å². The summed E-state index contributed by atoms with van der Waals surface area (Å²) in [5.74, 6) is 0. The average Bonchev–Trinajstić information content (AvgIpc) is 2.76. The molecule has 2 aromatic carbocycles. The Bertz CT molecular complexity index is 730. The molecule has 2 nitrogen and oxygen atoms in total. The minimum absolute atomic E-state index is 0.0872. The first-order valence-electron chi connectivity index (χ1n) is 6.33. The summed E-state index contributed by atoms with van der Waals surface area (Å²) in [5.41, 5.74) is 8.58. The smallest absolute Gasteiger partial charge is 0.0900 e. The van der Waals surface area contributed by atoms with Gasteiger partial charge in [0, 0.05) is 4.88 Å². The van der Waals surface area contributed by atoms with Gasteiger partial charge in [0.25, 0.3) is 0 Å². The Kier molecular flexibility index (Phi) is 3.09. The summed E-state index contributed by atoms with van der Waals surface area (Å²) in [4.78, 5) is 5.62. The van der Waals surface area contributed by atoms with E-state index in [1.165, 1.54) is 10.8 Å². The zero-order valence-electron chi connectivity index (χ0n) is 11.1. The van der Waals surface area contributed by atoms with Crippen LogP contribution in [0.2, 0.25) is 0 Å². The molecule has 0 aliphatic heterocycles. The number of benzene rings is 2. The summed E-state index contributed by atoms with van der Waals surface area (Å²) in [5, 5.41) is 3.55. The number of hydrogen-bond donors (Lipinski definition) is 1. The van der Waals surface area contributed by atoms with E-state index in [2.05, 4.69) is 47.4 Å². The Morgan fingerprint density at radius 1 is 1.05 bits per heavy atom. The van der Waals surface area contributed by atoms with Crippen molar-refractivity contribution in [2.24, 2.45) is 5.73 Å². The van der Waals surface area contributed by atoms with E-state index in [1.54, 1.807) is 11.3 Å². The number of nitrogens with zero attached hydrogens (tertiary/aromatic N) is 1. The van der Waals surface area contributed by atoms with E-state index in [0.717, 1.165) is 21.1 Å². The van der Waals surface area contributed by atoms with Crippen molar-refractivity contribution in [2.45, 2.75) is 19.9 Å². The SMILES string of the molecule is Cc1nc(C)c(C(N)c2ccc3ccccc3c2)s1. The highest BCUT2D eigenvalue weighted by Crippen LogP contribution is 2.29. The van der Waals surface area contributed by atoms with Crippen LogP contribution < -0.4 is 5.73 Å². The molecule has 0 amide bonds. The standard InChI is InChI=1S/C16H16N2S/c1-10-16(19-11(2)18-10)15(17)14-8-7-12-5-3-4-6-13(12)9-14/h3-9,15H,17H2,1-2H3. The molecule has 0 aliphatic rings. The van der Waals surface area contributed by atoms with E-state index in [9.17, 15) is 0 Å². The number of rotatable bonds is 2. The lowest BCUT2D eigenvalue weighted by molar-refractivity contribution is 0.879. The molecule has 0 saturated carbocycles. The lowest BCUT2D eigenvalue weighted by atomic mass is 10.0. The highest BCUT2D eigenvalue weighted by Gasteiger charge is 2.15. The zero-order valence-corrected chi connectivity index (χ0v) is 11.9. The van der Waals surface area contributed by atoms with Crippen molar-refractivity contribution in [3.05, 3.63) is 63.6 Å². The maximum absolute atomic E-state index is 6.39. The van der Waals surface area contributed by atoms with Crippen LogP contribution in [-0.4, -0.2) is 4.98 Å². The molecule has 2 N–H and O–H groups in total. The largest absolute Gasteiger partial charge is 0.320 e. The van der Waals surface area contributed by atoms with Crippen molar-refractivity contribution >= 4 is 22.1 Å². The van der Waals surface area contributed by atoms with Gasteiger partial charge in [-0.1, -0.05) is 36.4 Å². The third-order valence-electron chi connectivity index (χ3n) is 3.35. The van der Waals surface area contributed by atoms with Gasteiger partial charge in [-0.15, -0.1) is 11.3 Å². The van der Waals surface area contributed by atoms with Crippen LogP contribution in [0.3, 0.4) is 0 Å². The topological polar surface area (TPSA) is 38.9 Å². The molecular weight excluding hydrogens is 252 g/mol. The van der Waals surface area contributed by atoms with E-state index in [4.69, 9.17) is 5.73 Å². The van der Waals surface area contributed by atoms with Crippen molar-refractivity contribution in [3.63, 3.8) is 0 Å². The Hall–Kier alpha value is -1.71. The third-order valence-corrected chi connectivity index (χ3v) is 4.51. The van der Waals surface area contributed by atoms with Crippen molar-refractivity contribution in [1.29, 1.82) is 0 Å². The second kappa shape index (κ2) is 4.76. The van der Waals surface area contributed by atoms with Crippen LogP contribution in [0.1, 0.15) is 27.2 Å². The maximum Gasteiger partial charge on any atom is 0.0900 e. The van der Waals surface area contributed by atoms with E-state index in [1.807, 2.05) is 13.8 Å². The first-order chi connectivity index (χ1) is 9.15. The number of nitrogens with two attached hydrogens (primary N) is 1. The molecule has 1 atom stereocenters. The highest BCUT2D eigenvalue weighted by molar-refractivity contribution is 7.11. The number of aryl methyl sites for hydroxylation is 2. The number of fused-ring (bicyclic) bond motifs is 1. The monoisotopic (exact) mass is 268 g/mol. The molecule has 0 spiro atoms. The first kappa shape index (κ1) is 12.3. The molecule has 1 heterocycles. The van der Waals surface area contributed by atoms with Gasteiger partial charge in [-0.25, -0.2) is 4.98 Å². The number of thiazole rings is 1. The molecule has 1 aromatic heterocycles. The highest BCUT2D eigenvalue weighted by atomic mass is 32.1. The Morgan fingerprint density at radius 2 is 1.79 bits per heavy atom. The lowest BCUT2D eigenvalue weighted by Crippen LogP contribution is -2.11. The minimum atomic E-state index is -0.0872. The van der Waals surface area contributed by atoms with E-state index >= 15 is 0 Å². The first-order valence-corrected chi connectivity index (χ1v) is 7.15. The molecule has 3 heteroatoms. The maximum atomic E-state index is 6.39. The fraction of sp³-hybridized carbons (Fsp3) is 0.188. The molecule has 0 fully saturated rings. The molecule has 3 aromatic rings. The van der Waals surface area contributed by atoms with Crippen molar-refractivity contribution < 1.29 is 0 Å². The summed E-state index contributed by atoms with van der Waals surface area (Å²) < 4.78 is 0. The second-order valence-corrected chi connectivity index (χ2v) is 6.00. The van der Waals surface area contributed by atoms with Gasteiger partial charge in [0.2, 0.25) is 0 Å². The van der Waals surface area contributed by atoms with Crippen LogP contribution in [0, 0.1) is 13.8 Å². The normalized spacial score (nSPS) is 12.8. The summed E-state index contributed by atoms with van der Waals surface area (Å²) in [6, 6.07) is 14.7. The summed E-state index contributed by atoms with van der Waals surface area (Å²) in [6.07, 6.45) is 0. The van der Waals surface area contributed by atoms with Crippen LogP contribution in [-0.2, 0) is 0 Å². The lowest BCUT2D eigenvalue weighted by Gasteiger charge is -2.12. The average molecular weight is 268 g/mol. The van der Waals surface area contributed by atoms with Gasteiger partial charge in [0.15, 0.2) is 0 Å². The molecule has 0 radical (unpaired) electrons. The Labute approximate surface area is 116 Å². The molecule has 0 bridgehead atoms. The second-order valence-electron chi connectivity index (χ2n) is 4.77. The van der Waals surface area contributed by atoms with Crippen LogP contribution in [0.15, 0.2) is 42.5 Å². The van der Waals surface area contributed by atoms with Gasteiger partial charge in [-0.05, 0) is 36.2 Å². The number of hydrogen-bond acceptors (Lipinski definition) is 3. The minimum Gasteiger partial charge on any atom is -0.320 e.